The van der Waals surface area contributed by atoms with Crippen molar-refractivity contribution in [1.82, 2.24) is 0 Å². The van der Waals surface area contributed by atoms with E-state index < -0.39 is 0 Å². The molecule has 0 N–H and O–H groups in total. The third-order valence-electron chi connectivity index (χ3n) is 1.90. The molecule has 0 aromatic rings. The smallest absolute Gasteiger partial charge is 0.201 e. The summed E-state index contributed by atoms with van der Waals surface area (Å²) in [5.74, 6) is 0. The zero-order valence-electron chi connectivity index (χ0n) is 6.69. The van der Waals surface area contributed by atoms with Crippen molar-refractivity contribution < 1.29 is 4.58 Å². The van der Waals surface area contributed by atoms with Gasteiger partial charge in [-0.25, -0.2) is 4.58 Å². The minimum atomic E-state index is 0.705. The number of hydrogen-bond acceptors (Lipinski definition) is 0. The van der Waals surface area contributed by atoms with Gasteiger partial charge in [0.15, 0.2) is 6.54 Å². The van der Waals surface area contributed by atoms with Crippen LogP contribution in [-0.2, 0) is 0 Å². The highest BCUT2D eigenvalue weighted by atomic mass is 15.0. The largest absolute Gasteiger partial charge is 0.205 e. The van der Waals surface area contributed by atoms with Crippen LogP contribution in [-0.4, -0.2) is 17.8 Å². The minimum absolute atomic E-state index is 0.705. The van der Waals surface area contributed by atoms with E-state index in [0.29, 0.717) is 6.54 Å². The Labute approximate surface area is 67.4 Å². The van der Waals surface area contributed by atoms with Gasteiger partial charge in [-0.2, -0.15) is 0 Å². The van der Waals surface area contributed by atoms with E-state index in [4.69, 9.17) is 0 Å². The van der Waals surface area contributed by atoms with Crippen LogP contribution in [0.25, 0.3) is 0 Å². The molecule has 0 aliphatic carbocycles. The highest BCUT2D eigenvalue weighted by Gasteiger charge is 2.24. The molecular formula is C10H12N+. The van der Waals surface area contributed by atoms with Crippen LogP contribution >= 0.6 is 0 Å². The van der Waals surface area contributed by atoms with Crippen LogP contribution in [0.5, 0.6) is 0 Å². The Morgan fingerprint density at radius 2 is 1.55 bits per heavy atom. The lowest BCUT2D eigenvalue weighted by molar-refractivity contribution is -0.457. The summed E-state index contributed by atoms with van der Waals surface area (Å²) in [5.41, 5.74) is 3.55. The standard InChI is InChI=1S/C10H12N/c1-7-6-11(5)10(4)9(3)8(7)2/h1-6H2/q+1. The molecule has 0 atom stereocenters. The van der Waals surface area contributed by atoms with Crippen molar-refractivity contribution in [2.24, 2.45) is 0 Å². The van der Waals surface area contributed by atoms with Crippen LogP contribution < -0.4 is 0 Å². The summed E-state index contributed by atoms with van der Waals surface area (Å²) in [5, 5.41) is 0. The molecule has 1 fully saturated rings. The first-order chi connectivity index (χ1) is 5.04. The van der Waals surface area contributed by atoms with Gasteiger partial charge in [-0.05, 0) is 12.2 Å². The third kappa shape index (κ3) is 1.09. The fourth-order valence-corrected chi connectivity index (χ4v) is 1.000. The van der Waals surface area contributed by atoms with Gasteiger partial charge in [-0.1, -0.05) is 19.7 Å². The van der Waals surface area contributed by atoms with E-state index in [2.05, 4.69) is 33.0 Å². The summed E-state index contributed by atoms with van der Waals surface area (Å²) in [7, 11) is 0. The normalized spacial score (nSPS) is 19.5. The van der Waals surface area contributed by atoms with E-state index in [0.717, 1.165) is 22.4 Å². The van der Waals surface area contributed by atoms with Crippen LogP contribution in [0.4, 0.5) is 0 Å². The first kappa shape index (κ1) is 7.73. The molecule has 1 aliphatic rings. The Morgan fingerprint density at radius 3 is 2.09 bits per heavy atom. The van der Waals surface area contributed by atoms with E-state index in [9.17, 15) is 0 Å². The zero-order valence-corrected chi connectivity index (χ0v) is 6.69. The fourth-order valence-electron chi connectivity index (χ4n) is 1.000. The van der Waals surface area contributed by atoms with E-state index in [-0.39, 0.29) is 0 Å². The summed E-state index contributed by atoms with van der Waals surface area (Å²) in [6, 6.07) is 0. The van der Waals surface area contributed by atoms with E-state index in [1.54, 1.807) is 4.58 Å². The number of nitrogens with zero attached hydrogens (tertiary/aromatic N) is 1. The Kier molecular flexibility index (Phi) is 1.65. The van der Waals surface area contributed by atoms with E-state index in [1.807, 2.05) is 0 Å². The molecule has 11 heavy (non-hydrogen) atoms. The third-order valence-corrected chi connectivity index (χ3v) is 1.90. The Balaban J connectivity index is 3.06. The van der Waals surface area contributed by atoms with Gasteiger partial charge >= 0.3 is 0 Å². The predicted molar refractivity (Wildman–Crippen MR) is 48.8 cm³/mol. The molecule has 1 nitrogen and oxygen atoms in total. The molecule has 1 heteroatoms. The number of rotatable bonds is 0. The topological polar surface area (TPSA) is 3.01 Å². The maximum atomic E-state index is 3.85. The highest BCUT2D eigenvalue weighted by molar-refractivity contribution is 5.52. The van der Waals surface area contributed by atoms with Gasteiger partial charge in [0.2, 0.25) is 5.70 Å². The van der Waals surface area contributed by atoms with Crippen molar-refractivity contribution >= 4 is 6.72 Å². The maximum absolute atomic E-state index is 3.85. The molecule has 1 saturated heterocycles. The number of piperidine rings is 1. The Hall–Kier alpha value is -1.37. The molecule has 0 radical (unpaired) electrons. The SMILES string of the molecule is C=C1C[N+](=C)C(=C)C(=C)C1=C. The molecule has 0 amide bonds. The second-order valence-electron chi connectivity index (χ2n) is 2.71. The Bertz CT molecular complexity index is 264. The molecule has 0 aromatic heterocycles. The van der Waals surface area contributed by atoms with Gasteiger partial charge in [-0.15, -0.1) is 0 Å². The molecule has 1 aliphatic heterocycles. The molecule has 0 aromatic carbocycles. The predicted octanol–water partition coefficient (Wildman–Crippen LogP) is 1.90. The van der Waals surface area contributed by atoms with Crippen molar-refractivity contribution in [2.75, 3.05) is 6.54 Å². The summed E-state index contributed by atoms with van der Waals surface area (Å²) in [6.45, 7) is 19.8. The van der Waals surface area contributed by atoms with Crippen molar-refractivity contribution in [2.45, 2.75) is 0 Å². The van der Waals surface area contributed by atoms with Crippen molar-refractivity contribution in [3.63, 3.8) is 0 Å². The number of allylic oxidation sites excluding steroid dienone is 1. The lowest BCUT2D eigenvalue weighted by Gasteiger charge is -2.17. The molecule has 0 unspecified atom stereocenters. The molecule has 1 heterocycles. The second kappa shape index (κ2) is 2.35. The first-order valence-corrected chi connectivity index (χ1v) is 3.37. The molecule has 56 valence electrons. The van der Waals surface area contributed by atoms with Crippen LogP contribution in [0, 0.1) is 0 Å². The monoisotopic (exact) mass is 146 g/mol. The lowest BCUT2D eigenvalue weighted by atomic mass is 9.95. The van der Waals surface area contributed by atoms with E-state index >= 15 is 0 Å². The van der Waals surface area contributed by atoms with Crippen molar-refractivity contribution in [1.29, 1.82) is 0 Å². The minimum Gasteiger partial charge on any atom is -0.201 e. The van der Waals surface area contributed by atoms with Crippen LogP contribution in [0.3, 0.4) is 0 Å². The first-order valence-electron chi connectivity index (χ1n) is 3.37. The molecule has 0 saturated carbocycles. The molecule has 0 spiro atoms. The van der Waals surface area contributed by atoms with Crippen LogP contribution in [0.15, 0.2) is 48.7 Å². The quantitative estimate of drug-likeness (QED) is 0.459. The zero-order chi connectivity index (χ0) is 8.59. The fraction of sp³-hybridized carbons (Fsp3) is 0.100. The van der Waals surface area contributed by atoms with Gasteiger partial charge < -0.3 is 0 Å². The van der Waals surface area contributed by atoms with E-state index in [1.165, 1.54) is 0 Å². The molecular weight excluding hydrogens is 134 g/mol. The van der Waals surface area contributed by atoms with Gasteiger partial charge in [0.05, 0.1) is 0 Å². The van der Waals surface area contributed by atoms with Gasteiger partial charge in [-0.3, -0.25) is 0 Å². The van der Waals surface area contributed by atoms with Crippen molar-refractivity contribution in [3.05, 3.63) is 48.7 Å². The lowest BCUT2D eigenvalue weighted by Crippen LogP contribution is -2.20. The molecule has 1 rings (SSSR count). The van der Waals surface area contributed by atoms with Crippen LogP contribution in [0.2, 0.25) is 0 Å². The average molecular weight is 146 g/mol. The van der Waals surface area contributed by atoms with Crippen LogP contribution in [0.1, 0.15) is 0 Å². The van der Waals surface area contributed by atoms with Gasteiger partial charge in [0.1, 0.15) is 6.72 Å². The van der Waals surface area contributed by atoms with Gasteiger partial charge in [0.25, 0.3) is 0 Å². The summed E-state index contributed by atoms with van der Waals surface area (Å²) in [6.07, 6.45) is 0. The van der Waals surface area contributed by atoms with Crippen molar-refractivity contribution in [3.8, 4) is 0 Å². The van der Waals surface area contributed by atoms with Gasteiger partial charge in [0, 0.05) is 11.1 Å². The molecule has 0 bridgehead atoms. The second-order valence-corrected chi connectivity index (χ2v) is 2.71. The summed E-state index contributed by atoms with van der Waals surface area (Å²) >= 11 is 0. The maximum Gasteiger partial charge on any atom is 0.205 e. The summed E-state index contributed by atoms with van der Waals surface area (Å²) < 4.78 is 1.78. The number of hydrogen-bond donors (Lipinski definition) is 0. The Morgan fingerprint density at radius 1 is 1.00 bits per heavy atom. The highest BCUT2D eigenvalue weighted by Crippen LogP contribution is 2.26. The average Bonchev–Trinajstić information content (AvgIpc) is 1.97. The summed E-state index contributed by atoms with van der Waals surface area (Å²) in [4.78, 5) is 0.